The molecule has 1 atom stereocenters. The summed E-state index contributed by atoms with van der Waals surface area (Å²) >= 11 is 6.02. The first-order valence-corrected chi connectivity index (χ1v) is 11.2. The lowest BCUT2D eigenvalue weighted by Crippen LogP contribution is -2.56. The number of hydrogen-bond donors (Lipinski definition) is 2. The van der Waals surface area contributed by atoms with Gasteiger partial charge in [-0.05, 0) is 50.6 Å². The van der Waals surface area contributed by atoms with Crippen LogP contribution in [-0.2, 0) is 16.1 Å². The highest BCUT2D eigenvalue weighted by Crippen LogP contribution is 2.39. The van der Waals surface area contributed by atoms with Crippen molar-refractivity contribution in [2.24, 2.45) is 0 Å². The summed E-state index contributed by atoms with van der Waals surface area (Å²) < 4.78 is 0. The minimum absolute atomic E-state index is 0.170. The number of benzene rings is 1. The summed E-state index contributed by atoms with van der Waals surface area (Å²) in [7, 11) is 0. The maximum Gasteiger partial charge on any atom is 0.322 e. The number of urea groups is 1. The van der Waals surface area contributed by atoms with Crippen LogP contribution in [0, 0.1) is 0 Å². The molecule has 1 aromatic carbocycles. The quantitative estimate of drug-likeness (QED) is 0.682. The topological polar surface area (TPSA) is 94.6 Å². The molecule has 0 bridgehead atoms. The molecule has 3 heterocycles. The van der Waals surface area contributed by atoms with Crippen molar-refractivity contribution in [3.05, 3.63) is 76.2 Å². The fourth-order valence-corrected chi connectivity index (χ4v) is 4.32. The van der Waals surface area contributed by atoms with Gasteiger partial charge in [0, 0.05) is 17.8 Å². The number of amides is 4. The van der Waals surface area contributed by atoms with Crippen molar-refractivity contribution in [1.82, 2.24) is 25.4 Å². The van der Waals surface area contributed by atoms with Crippen molar-refractivity contribution in [1.29, 1.82) is 0 Å². The number of carbonyl (C=O) groups excluding carboxylic acids is 3. The number of halogens is 1. The molecule has 2 N–H and O–H groups in total. The monoisotopic (exact) mass is 467 g/mol. The molecule has 1 unspecified atom stereocenters. The second-order valence-electron chi connectivity index (χ2n) is 8.49. The molecule has 4 amide bonds. The second-order valence-corrected chi connectivity index (χ2v) is 8.93. The Balaban J connectivity index is 1.61. The van der Waals surface area contributed by atoms with E-state index in [1.54, 1.807) is 55.3 Å². The predicted molar refractivity (Wildman–Crippen MR) is 124 cm³/mol. The SMILES string of the molecule is CCN1C(=O)NC(c2ccc(Cl)cc2)C2=C1CN(C(C)(C)C(=O)NCc1ccccn1)C2=O. The number of nitrogens with one attached hydrogen (secondary N) is 2. The summed E-state index contributed by atoms with van der Waals surface area (Å²) in [4.78, 5) is 46.9. The van der Waals surface area contributed by atoms with Gasteiger partial charge in [-0.3, -0.25) is 19.5 Å². The zero-order valence-electron chi connectivity index (χ0n) is 18.8. The number of pyridine rings is 1. The van der Waals surface area contributed by atoms with E-state index in [1.165, 1.54) is 4.90 Å². The van der Waals surface area contributed by atoms with Crippen LogP contribution in [0.25, 0.3) is 0 Å². The van der Waals surface area contributed by atoms with Crippen LogP contribution in [0.5, 0.6) is 0 Å². The molecule has 172 valence electrons. The van der Waals surface area contributed by atoms with Gasteiger partial charge in [0.05, 0.1) is 36.1 Å². The van der Waals surface area contributed by atoms with Crippen molar-refractivity contribution in [2.75, 3.05) is 13.1 Å². The van der Waals surface area contributed by atoms with E-state index in [1.807, 2.05) is 19.1 Å². The van der Waals surface area contributed by atoms with E-state index < -0.39 is 11.6 Å². The highest BCUT2D eigenvalue weighted by molar-refractivity contribution is 6.30. The average Bonchev–Trinajstić information content (AvgIpc) is 3.16. The molecule has 0 radical (unpaired) electrons. The number of aromatic nitrogens is 1. The van der Waals surface area contributed by atoms with Crippen LogP contribution in [0.4, 0.5) is 4.79 Å². The summed E-state index contributed by atoms with van der Waals surface area (Å²) in [5, 5.41) is 6.37. The van der Waals surface area contributed by atoms with Gasteiger partial charge in [0.15, 0.2) is 0 Å². The van der Waals surface area contributed by atoms with E-state index in [2.05, 4.69) is 15.6 Å². The molecule has 0 aliphatic carbocycles. The third kappa shape index (κ3) is 4.18. The zero-order chi connectivity index (χ0) is 23.8. The highest BCUT2D eigenvalue weighted by Gasteiger charge is 2.49. The summed E-state index contributed by atoms with van der Waals surface area (Å²) in [5.41, 5.74) is 1.43. The molecule has 0 saturated heterocycles. The molecule has 2 aromatic rings. The van der Waals surface area contributed by atoms with E-state index >= 15 is 0 Å². The lowest BCUT2D eigenvalue weighted by molar-refractivity contribution is -0.141. The Morgan fingerprint density at radius 3 is 2.58 bits per heavy atom. The van der Waals surface area contributed by atoms with Crippen LogP contribution < -0.4 is 10.6 Å². The van der Waals surface area contributed by atoms with Crippen molar-refractivity contribution in [3.63, 3.8) is 0 Å². The molecule has 0 spiro atoms. The molecular weight excluding hydrogens is 442 g/mol. The van der Waals surface area contributed by atoms with E-state index in [-0.39, 0.29) is 30.9 Å². The first-order valence-electron chi connectivity index (χ1n) is 10.8. The smallest absolute Gasteiger partial charge is 0.322 e. The minimum Gasteiger partial charge on any atom is -0.348 e. The van der Waals surface area contributed by atoms with Gasteiger partial charge in [0.25, 0.3) is 5.91 Å². The van der Waals surface area contributed by atoms with Gasteiger partial charge in [-0.15, -0.1) is 0 Å². The Morgan fingerprint density at radius 2 is 1.94 bits per heavy atom. The fourth-order valence-electron chi connectivity index (χ4n) is 4.20. The summed E-state index contributed by atoms with van der Waals surface area (Å²) in [6.45, 7) is 6.10. The van der Waals surface area contributed by atoms with Crippen LogP contribution >= 0.6 is 11.6 Å². The normalized spacial score (nSPS) is 18.4. The summed E-state index contributed by atoms with van der Waals surface area (Å²) in [6.07, 6.45) is 1.66. The molecule has 1 aromatic heterocycles. The Morgan fingerprint density at radius 1 is 1.21 bits per heavy atom. The van der Waals surface area contributed by atoms with E-state index in [9.17, 15) is 14.4 Å². The number of carbonyl (C=O) groups is 3. The second kappa shape index (κ2) is 8.86. The molecule has 4 rings (SSSR count). The molecule has 8 nitrogen and oxygen atoms in total. The average molecular weight is 468 g/mol. The third-order valence-corrected chi connectivity index (χ3v) is 6.38. The number of hydrogen-bond acceptors (Lipinski definition) is 4. The van der Waals surface area contributed by atoms with Crippen LogP contribution in [0.2, 0.25) is 5.02 Å². The number of nitrogens with zero attached hydrogens (tertiary/aromatic N) is 3. The molecule has 2 aliphatic rings. The van der Waals surface area contributed by atoms with Crippen LogP contribution in [-0.4, -0.2) is 51.3 Å². The van der Waals surface area contributed by atoms with Crippen molar-refractivity contribution in [2.45, 2.75) is 38.9 Å². The lowest BCUT2D eigenvalue weighted by atomic mass is 9.95. The predicted octanol–water partition coefficient (Wildman–Crippen LogP) is 3.01. The van der Waals surface area contributed by atoms with E-state index in [0.717, 1.165) is 11.3 Å². The molecular formula is C24H26ClN5O3. The highest BCUT2D eigenvalue weighted by atomic mass is 35.5. The Labute approximate surface area is 197 Å². The Kier molecular flexibility index (Phi) is 6.12. The first-order chi connectivity index (χ1) is 15.7. The molecule has 33 heavy (non-hydrogen) atoms. The molecule has 2 aliphatic heterocycles. The van der Waals surface area contributed by atoms with E-state index in [4.69, 9.17) is 11.6 Å². The van der Waals surface area contributed by atoms with Gasteiger partial charge < -0.3 is 15.5 Å². The molecule has 0 fully saturated rings. The van der Waals surface area contributed by atoms with Gasteiger partial charge in [0.1, 0.15) is 5.54 Å². The van der Waals surface area contributed by atoms with Crippen LogP contribution in [0.15, 0.2) is 59.9 Å². The van der Waals surface area contributed by atoms with E-state index in [0.29, 0.717) is 22.8 Å². The maximum atomic E-state index is 13.7. The number of likely N-dealkylation sites (N-methyl/N-ethyl adjacent to an activating group) is 1. The van der Waals surface area contributed by atoms with Crippen molar-refractivity contribution >= 4 is 29.4 Å². The van der Waals surface area contributed by atoms with Crippen LogP contribution in [0.3, 0.4) is 0 Å². The van der Waals surface area contributed by atoms with Gasteiger partial charge in [-0.2, -0.15) is 0 Å². The van der Waals surface area contributed by atoms with Crippen molar-refractivity contribution < 1.29 is 14.4 Å². The first kappa shape index (κ1) is 22.8. The van der Waals surface area contributed by atoms with Crippen LogP contribution in [0.1, 0.15) is 38.1 Å². The standard InChI is InChI=1S/C24H26ClN5O3/c1-4-29-18-14-30(24(2,3)22(32)27-13-17-7-5-6-12-26-17)21(31)19(18)20(28-23(29)33)15-8-10-16(25)11-9-15/h5-12,20H,4,13-14H2,1-3H3,(H,27,32)(H,28,33). The third-order valence-electron chi connectivity index (χ3n) is 6.13. The molecule has 9 heteroatoms. The minimum atomic E-state index is -1.14. The maximum absolute atomic E-state index is 13.7. The van der Waals surface area contributed by atoms with Gasteiger partial charge in [-0.25, -0.2) is 4.79 Å². The lowest BCUT2D eigenvalue weighted by Gasteiger charge is -2.34. The fraction of sp³-hybridized carbons (Fsp3) is 0.333. The van der Waals surface area contributed by atoms with Gasteiger partial charge >= 0.3 is 6.03 Å². The number of rotatable bonds is 6. The van der Waals surface area contributed by atoms with Gasteiger partial charge in [-0.1, -0.05) is 29.8 Å². The zero-order valence-corrected chi connectivity index (χ0v) is 19.5. The summed E-state index contributed by atoms with van der Waals surface area (Å²) in [5.74, 6) is -0.576. The Hall–Kier alpha value is -3.39. The summed E-state index contributed by atoms with van der Waals surface area (Å²) in [6, 6.07) is 11.6. The Bertz CT molecular complexity index is 1110. The van der Waals surface area contributed by atoms with Crippen molar-refractivity contribution in [3.8, 4) is 0 Å². The molecule has 0 saturated carbocycles. The largest absolute Gasteiger partial charge is 0.348 e. The van der Waals surface area contributed by atoms with Gasteiger partial charge in [0.2, 0.25) is 5.91 Å².